The van der Waals surface area contributed by atoms with Crippen LogP contribution in [0.15, 0.2) is 12.7 Å². The Morgan fingerprint density at radius 3 is 1.24 bits per heavy atom. The average molecular weight is 260 g/mol. The maximum absolute atomic E-state index is 9.25. The molecule has 0 aromatic heterocycles. The Morgan fingerprint density at radius 2 is 1.24 bits per heavy atom. The van der Waals surface area contributed by atoms with Gasteiger partial charge in [-0.05, 0) is 0 Å². The van der Waals surface area contributed by atoms with Crippen molar-refractivity contribution >= 4 is 5.97 Å². The fraction of sp³-hybridized carbons (Fsp3) is 0.400. The van der Waals surface area contributed by atoms with Crippen LogP contribution in [0.3, 0.4) is 0 Å². The van der Waals surface area contributed by atoms with E-state index in [1.54, 1.807) is 0 Å². The van der Waals surface area contributed by atoms with E-state index in [0.29, 0.717) is 0 Å². The van der Waals surface area contributed by atoms with Gasteiger partial charge in [0.25, 0.3) is 10.2 Å². The highest BCUT2D eigenvalue weighted by Gasteiger charge is 1.73. The molecule has 0 saturated carbocycles. The maximum Gasteiger partial charge on any atom is 0.327 e. The van der Waals surface area contributed by atoms with Crippen LogP contribution in [-0.4, -0.2) is 55.1 Å². The fourth-order valence-corrected chi connectivity index (χ4v) is 0. The lowest BCUT2D eigenvalue weighted by Crippen LogP contribution is -1.85. The Bertz CT molecular complexity index is 195. The zero-order valence-electron chi connectivity index (χ0n) is 8.37. The highest BCUT2D eigenvalue weighted by Crippen LogP contribution is 1.54. The maximum atomic E-state index is 9.25. The van der Waals surface area contributed by atoms with Crippen molar-refractivity contribution in [2.24, 2.45) is 0 Å². The summed E-state index contributed by atoms with van der Waals surface area (Å²) in [5.74, 6) is -0.981. The van der Waals surface area contributed by atoms with Crippen molar-refractivity contribution in [1.29, 1.82) is 0 Å². The van der Waals surface area contributed by atoms with Gasteiger partial charge < -0.3 is 25.7 Å². The van der Waals surface area contributed by atoms with Crippen molar-refractivity contribution in [1.82, 2.24) is 0 Å². The van der Waals surface area contributed by atoms with Gasteiger partial charge in [-0.15, -0.1) is 20.2 Å². The largest absolute Gasteiger partial charge is 0.478 e. The summed E-state index contributed by atoms with van der Waals surface area (Å²) >= 11 is 0. The molecule has 0 amide bonds. The minimum atomic E-state index is -1.50. The SMILES string of the molecule is C=CC(=O)O.O=[N+]([O-])O.O=[N+]([O-])O.OCCO. The molecule has 12 nitrogen and oxygen atoms in total. The van der Waals surface area contributed by atoms with Crippen LogP contribution in [0.4, 0.5) is 0 Å². The molecule has 0 saturated heterocycles. The van der Waals surface area contributed by atoms with E-state index in [9.17, 15) is 4.79 Å². The molecule has 0 atom stereocenters. The zero-order valence-corrected chi connectivity index (χ0v) is 8.37. The molecule has 5 N–H and O–H groups in total. The van der Waals surface area contributed by atoms with E-state index in [4.69, 9.17) is 46.0 Å². The quantitative estimate of drug-likeness (QED) is 0.221. The molecule has 0 radical (unpaired) electrons. The first kappa shape index (κ1) is 24.0. The summed E-state index contributed by atoms with van der Waals surface area (Å²) in [4.78, 5) is 26.0. The first-order chi connectivity index (χ1) is 7.65. The first-order valence-corrected chi connectivity index (χ1v) is 3.39. The smallest absolute Gasteiger partial charge is 0.327 e. The summed E-state index contributed by atoms with van der Waals surface area (Å²) in [6.07, 6.45) is 0.833. The molecule has 0 spiro atoms. The summed E-state index contributed by atoms with van der Waals surface area (Å²) < 4.78 is 0. The Labute approximate surface area is 93.9 Å². The lowest BCUT2D eigenvalue weighted by atomic mass is 10.7. The van der Waals surface area contributed by atoms with Crippen LogP contribution < -0.4 is 0 Å². The number of carbonyl (C=O) groups is 1. The molecule has 0 heterocycles. The molecule has 0 fully saturated rings. The summed E-state index contributed by atoms with van der Waals surface area (Å²) in [6.45, 7) is 2.71. The van der Waals surface area contributed by atoms with Crippen LogP contribution >= 0.6 is 0 Å². The molecule has 0 aliphatic heterocycles. The monoisotopic (exact) mass is 260 g/mol. The average Bonchev–Trinajstić information content (AvgIpc) is 2.16. The van der Waals surface area contributed by atoms with Gasteiger partial charge >= 0.3 is 5.97 Å². The number of aliphatic hydroxyl groups excluding tert-OH is 2. The summed E-state index contributed by atoms with van der Waals surface area (Å²) in [5, 5.41) is 50.1. The Hall–Kier alpha value is -2.47. The number of hydrogen-bond acceptors (Lipinski definition) is 7. The van der Waals surface area contributed by atoms with Gasteiger partial charge in [-0.2, -0.15) is 0 Å². The van der Waals surface area contributed by atoms with E-state index in [1.165, 1.54) is 0 Å². The van der Waals surface area contributed by atoms with Gasteiger partial charge in [0.15, 0.2) is 0 Å². The highest BCUT2D eigenvalue weighted by atomic mass is 16.9. The van der Waals surface area contributed by atoms with Crippen LogP contribution in [0, 0.1) is 20.2 Å². The number of hydrogen-bond donors (Lipinski definition) is 5. The predicted molar refractivity (Wildman–Crippen MR) is 49.6 cm³/mol. The fourth-order valence-electron chi connectivity index (χ4n) is 0. The predicted octanol–water partition coefficient (Wildman–Crippen LogP) is -1.47. The van der Waals surface area contributed by atoms with Gasteiger partial charge in [0, 0.05) is 6.08 Å². The van der Waals surface area contributed by atoms with Crippen LogP contribution in [0.25, 0.3) is 0 Å². The van der Waals surface area contributed by atoms with Gasteiger partial charge in [0.2, 0.25) is 0 Å². The van der Waals surface area contributed by atoms with Crippen molar-refractivity contribution in [3.63, 3.8) is 0 Å². The molecule has 0 bridgehead atoms. The van der Waals surface area contributed by atoms with Crippen LogP contribution in [0.1, 0.15) is 0 Å². The minimum Gasteiger partial charge on any atom is -0.478 e. The van der Waals surface area contributed by atoms with Crippen molar-refractivity contribution in [3.05, 3.63) is 32.9 Å². The molecule has 0 aromatic rings. The standard InChI is InChI=1S/C3H4O2.C2H6O2.2HNO3/c1-2-3(4)5;3-1-2-4;2*2-1(3)4/h2H,1H2,(H,4,5);3-4H,1-2H2;2*(H,2,3,4). The molecular weight excluding hydrogens is 248 g/mol. The molecular formula is C5H12N2O10. The third kappa shape index (κ3) is 6400. The Balaban J connectivity index is -0.0000000667. The molecule has 12 heteroatoms. The van der Waals surface area contributed by atoms with E-state index in [1.807, 2.05) is 0 Å². The van der Waals surface area contributed by atoms with Crippen LogP contribution in [-0.2, 0) is 4.79 Å². The molecule has 17 heavy (non-hydrogen) atoms. The summed E-state index contributed by atoms with van der Waals surface area (Å²) in [6, 6.07) is 0. The van der Waals surface area contributed by atoms with E-state index in [0.717, 1.165) is 6.08 Å². The topological polar surface area (TPSA) is 204 Å². The number of carboxylic acid groups (broad SMARTS) is 1. The second-order valence-corrected chi connectivity index (χ2v) is 1.47. The third-order valence-electron chi connectivity index (χ3n) is 0.275. The molecule has 0 aromatic carbocycles. The van der Waals surface area contributed by atoms with E-state index in [-0.39, 0.29) is 13.2 Å². The molecule has 0 rings (SSSR count). The minimum absolute atomic E-state index is 0.125. The third-order valence-corrected chi connectivity index (χ3v) is 0.275. The number of aliphatic hydroxyl groups is 2. The Kier molecular flexibility index (Phi) is 33.0. The number of nitrogens with zero attached hydrogens (tertiary/aromatic N) is 2. The summed E-state index contributed by atoms with van der Waals surface area (Å²) in [5.41, 5.74) is 0. The van der Waals surface area contributed by atoms with Gasteiger partial charge in [0.05, 0.1) is 13.2 Å². The molecule has 0 unspecified atom stereocenters. The zero-order chi connectivity index (χ0) is 14.9. The highest BCUT2D eigenvalue weighted by molar-refractivity contribution is 5.78. The lowest BCUT2D eigenvalue weighted by molar-refractivity contribution is -0.742. The lowest BCUT2D eigenvalue weighted by Gasteiger charge is -1.70. The summed E-state index contributed by atoms with van der Waals surface area (Å²) in [7, 11) is 0. The number of aliphatic carboxylic acids is 1. The van der Waals surface area contributed by atoms with Gasteiger partial charge in [-0.3, -0.25) is 0 Å². The van der Waals surface area contributed by atoms with E-state index >= 15 is 0 Å². The van der Waals surface area contributed by atoms with Crippen LogP contribution in [0.2, 0.25) is 0 Å². The second-order valence-electron chi connectivity index (χ2n) is 1.47. The first-order valence-electron chi connectivity index (χ1n) is 3.39. The van der Waals surface area contributed by atoms with Gasteiger partial charge in [0.1, 0.15) is 0 Å². The second kappa shape index (κ2) is 23.4. The van der Waals surface area contributed by atoms with Crippen molar-refractivity contribution in [2.75, 3.05) is 13.2 Å². The molecule has 0 aliphatic carbocycles. The van der Waals surface area contributed by atoms with E-state index in [2.05, 4.69) is 6.58 Å². The van der Waals surface area contributed by atoms with Crippen molar-refractivity contribution in [3.8, 4) is 0 Å². The molecule has 102 valence electrons. The van der Waals surface area contributed by atoms with Crippen LogP contribution in [0.5, 0.6) is 0 Å². The number of carboxylic acids is 1. The normalized spacial score (nSPS) is 6.47. The van der Waals surface area contributed by atoms with Gasteiger partial charge in [-0.1, -0.05) is 6.58 Å². The van der Waals surface area contributed by atoms with Crippen molar-refractivity contribution in [2.45, 2.75) is 0 Å². The van der Waals surface area contributed by atoms with Crippen molar-refractivity contribution < 1.29 is 40.7 Å². The molecule has 0 aliphatic rings. The Morgan fingerprint density at radius 1 is 1.12 bits per heavy atom. The number of rotatable bonds is 2. The van der Waals surface area contributed by atoms with E-state index < -0.39 is 16.1 Å². The van der Waals surface area contributed by atoms with Gasteiger partial charge in [-0.25, -0.2) is 4.79 Å².